The van der Waals surface area contributed by atoms with Crippen LogP contribution in [0.5, 0.6) is 0 Å². The molecule has 1 heterocycles. The fourth-order valence-corrected chi connectivity index (χ4v) is 5.47. The van der Waals surface area contributed by atoms with E-state index in [4.69, 9.17) is 19.0 Å². The predicted molar refractivity (Wildman–Crippen MR) is 173 cm³/mol. The maximum atomic E-state index is 13.2. The summed E-state index contributed by atoms with van der Waals surface area (Å²) in [5.41, 5.74) is 3.65. The van der Waals surface area contributed by atoms with Gasteiger partial charge in [0, 0.05) is 69.2 Å². The maximum Gasteiger partial charge on any atom is 0.533 e. The number of nitrogens with zero attached hydrogens (tertiary/aromatic N) is 1. The van der Waals surface area contributed by atoms with Crippen molar-refractivity contribution in [2.45, 2.75) is 58.3 Å². The average molecular weight is 667 g/mol. The molecule has 3 N–H and O–H groups in total. The number of hydrogen-bond acceptors (Lipinski definition) is 10. The number of ether oxygens (including phenoxy) is 3. The molecule has 1 unspecified atom stereocenters. The Morgan fingerprint density at radius 2 is 1.58 bits per heavy atom. The van der Waals surface area contributed by atoms with E-state index in [0.29, 0.717) is 84.5 Å². The summed E-state index contributed by atoms with van der Waals surface area (Å²) in [6.45, 7) is 6.32. The second-order valence-corrected chi connectivity index (χ2v) is 11.2. The highest BCUT2D eigenvalue weighted by Gasteiger charge is 2.36. The lowest BCUT2D eigenvalue weighted by atomic mass is 9.96. The number of fused-ring (bicyclic) bond motifs is 3. The Kier molecular flexibility index (Phi) is 13.4. The molecule has 0 bridgehead atoms. The largest absolute Gasteiger partial charge is 0.533 e. The van der Waals surface area contributed by atoms with Gasteiger partial charge in [-0.25, -0.2) is 4.79 Å². The first-order valence-electron chi connectivity index (χ1n) is 16.2. The Labute approximate surface area is 278 Å². The van der Waals surface area contributed by atoms with Crippen LogP contribution in [0.2, 0.25) is 0 Å². The Hall–Kier alpha value is -4.82. The second-order valence-electron chi connectivity index (χ2n) is 11.2. The third-order valence-electron chi connectivity index (χ3n) is 7.70. The van der Waals surface area contributed by atoms with Crippen LogP contribution in [0.4, 0.5) is 10.5 Å². The van der Waals surface area contributed by atoms with Crippen LogP contribution < -0.4 is 16.0 Å². The van der Waals surface area contributed by atoms with Gasteiger partial charge in [-0.15, -0.1) is 0 Å². The number of carbonyl (C=O) groups excluding carboxylic acids is 6. The fraction of sp³-hybridized carbons (Fsp3) is 0.471. The lowest BCUT2D eigenvalue weighted by molar-refractivity contribution is -0.177. The predicted octanol–water partition coefficient (Wildman–Crippen LogP) is 3.43. The van der Waals surface area contributed by atoms with Crippen LogP contribution in [0.15, 0.2) is 36.4 Å². The third kappa shape index (κ3) is 9.61. The number of amides is 5. The molecule has 14 nitrogen and oxygen atoms in total. The van der Waals surface area contributed by atoms with Crippen LogP contribution in [-0.2, 0) is 38.2 Å². The topological polar surface area (TPSA) is 179 Å². The van der Waals surface area contributed by atoms with Crippen molar-refractivity contribution < 1.29 is 47.8 Å². The summed E-state index contributed by atoms with van der Waals surface area (Å²) in [6, 6.07) is 10.5. The standard InChI is InChI=1S/C34H42N4O10/c1-3-17-46-19-15-35-28(39)9-6-10-29(40)37-22-11-12-24-26(20-22)27(21-47-34(44)48-38-30(41)13-14-31(38)42)23-7-5-8-25(32(23)24)33(43)36-16-18-45-4-2/h5,7-8,11-12,20,27H,3-4,6,9-10,13-19,21H2,1-2H3,(H,35,39)(H,36,43)(H,37,40). The minimum Gasteiger partial charge on any atom is -0.432 e. The number of imide groups is 1. The van der Waals surface area contributed by atoms with Gasteiger partial charge >= 0.3 is 6.16 Å². The van der Waals surface area contributed by atoms with E-state index < -0.39 is 23.9 Å². The van der Waals surface area contributed by atoms with Crippen molar-refractivity contribution in [1.29, 1.82) is 0 Å². The van der Waals surface area contributed by atoms with E-state index in [1.54, 1.807) is 30.3 Å². The van der Waals surface area contributed by atoms with E-state index in [1.807, 2.05) is 19.9 Å². The molecule has 2 aliphatic rings. The SMILES string of the molecule is CCCOCCNC(=O)CCCC(=O)Nc1ccc2c(c1)C(COC(=O)ON1C(=O)CCC1=O)c1cccc(C(=O)NCCOCC)c1-2. The number of benzene rings is 2. The molecular weight excluding hydrogens is 624 g/mol. The van der Waals surface area contributed by atoms with Crippen molar-refractivity contribution >= 4 is 41.4 Å². The third-order valence-corrected chi connectivity index (χ3v) is 7.70. The van der Waals surface area contributed by atoms with Gasteiger partial charge in [0.1, 0.15) is 6.61 Å². The highest BCUT2D eigenvalue weighted by atomic mass is 16.8. The smallest absolute Gasteiger partial charge is 0.432 e. The van der Waals surface area contributed by atoms with Gasteiger partial charge in [-0.3, -0.25) is 28.8 Å². The van der Waals surface area contributed by atoms with E-state index in [1.165, 1.54) is 0 Å². The number of anilines is 1. The van der Waals surface area contributed by atoms with Crippen LogP contribution in [0.1, 0.15) is 79.8 Å². The summed E-state index contributed by atoms with van der Waals surface area (Å²) < 4.78 is 16.1. The molecule has 48 heavy (non-hydrogen) atoms. The highest BCUT2D eigenvalue weighted by Crippen LogP contribution is 2.47. The van der Waals surface area contributed by atoms with Crippen LogP contribution in [0.25, 0.3) is 11.1 Å². The summed E-state index contributed by atoms with van der Waals surface area (Å²) in [4.78, 5) is 79.2. The Balaban J connectivity index is 1.46. The van der Waals surface area contributed by atoms with Gasteiger partial charge < -0.3 is 30.2 Å². The maximum absolute atomic E-state index is 13.2. The molecule has 0 radical (unpaired) electrons. The minimum atomic E-state index is -1.22. The molecule has 0 aromatic heterocycles. The van der Waals surface area contributed by atoms with Gasteiger partial charge in [0.2, 0.25) is 11.8 Å². The zero-order valence-electron chi connectivity index (χ0n) is 27.3. The van der Waals surface area contributed by atoms with Crippen molar-refractivity contribution in [2.24, 2.45) is 0 Å². The van der Waals surface area contributed by atoms with E-state index in [0.717, 1.165) is 6.42 Å². The average Bonchev–Trinajstić information content (AvgIpc) is 3.56. The first kappa shape index (κ1) is 36.0. The molecule has 14 heteroatoms. The molecule has 5 amide bonds. The number of carbonyl (C=O) groups is 6. The Morgan fingerprint density at radius 1 is 0.854 bits per heavy atom. The van der Waals surface area contributed by atoms with Crippen molar-refractivity contribution in [2.75, 3.05) is 51.4 Å². The molecule has 1 atom stereocenters. The summed E-state index contributed by atoms with van der Waals surface area (Å²) in [5, 5.41) is 8.90. The normalized spacial score (nSPS) is 14.7. The molecule has 1 aliphatic carbocycles. The molecular formula is C34H42N4O10. The van der Waals surface area contributed by atoms with Gasteiger partial charge in [-0.05, 0) is 60.2 Å². The summed E-state index contributed by atoms with van der Waals surface area (Å²) in [5.74, 6) is -2.57. The monoisotopic (exact) mass is 666 g/mol. The molecule has 1 fully saturated rings. The van der Waals surface area contributed by atoms with Gasteiger partial charge in [-0.1, -0.05) is 30.2 Å². The lowest BCUT2D eigenvalue weighted by Gasteiger charge is -2.17. The van der Waals surface area contributed by atoms with Gasteiger partial charge in [0.15, 0.2) is 0 Å². The van der Waals surface area contributed by atoms with Crippen LogP contribution in [0.3, 0.4) is 0 Å². The van der Waals surface area contributed by atoms with Crippen molar-refractivity contribution in [3.63, 3.8) is 0 Å². The van der Waals surface area contributed by atoms with Gasteiger partial charge in [-0.2, -0.15) is 0 Å². The minimum absolute atomic E-state index is 0.0544. The summed E-state index contributed by atoms with van der Waals surface area (Å²) >= 11 is 0. The van der Waals surface area contributed by atoms with Crippen LogP contribution in [-0.4, -0.2) is 86.9 Å². The summed E-state index contributed by atoms with van der Waals surface area (Å²) in [7, 11) is 0. The molecule has 2 aromatic carbocycles. The number of nitrogens with one attached hydrogen (secondary N) is 3. The molecule has 4 rings (SSSR count). The first-order chi connectivity index (χ1) is 23.2. The van der Waals surface area contributed by atoms with Crippen LogP contribution in [0, 0.1) is 0 Å². The van der Waals surface area contributed by atoms with Crippen molar-refractivity contribution in [1.82, 2.24) is 15.7 Å². The van der Waals surface area contributed by atoms with E-state index in [9.17, 15) is 28.8 Å². The number of hydroxylamine groups is 2. The molecule has 0 spiro atoms. The Morgan fingerprint density at radius 3 is 2.33 bits per heavy atom. The zero-order chi connectivity index (χ0) is 34.5. The first-order valence-corrected chi connectivity index (χ1v) is 16.2. The molecule has 258 valence electrons. The van der Waals surface area contributed by atoms with Gasteiger partial charge in [0.25, 0.3) is 17.7 Å². The van der Waals surface area contributed by atoms with Crippen molar-refractivity contribution in [3.8, 4) is 11.1 Å². The zero-order valence-corrected chi connectivity index (χ0v) is 27.3. The molecule has 1 aliphatic heterocycles. The van der Waals surface area contributed by atoms with E-state index >= 15 is 0 Å². The highest BCUT2D eigenvalue weighted by molar-refractivity contribution is 6.04. The van der Waals surface area contributed by atoms with Crippen molar-refractivity contribution in [3.05, 3.63) is 53.1 Å². The fourth-order valence-electron chi connectivity index (χ4n) is 5.47. The number of rotatable bonds is 18. The Bertz CT molecular complexity index is 1490. The quantitative estimate of drug-likeness (QED) is 0.121. The summed E-state index contributed by atoms with van der Waals surface area (Å²) in [6.07, 6.45) is 0.243. The van der Waals surface area contributed by atoms with E-state index in [-0.39, 0.29) is 50.0 Å². The lowest BCUT2D eigenvalue weighted by Crippen LogP contribution is -2.32. The molecule has 0 saturated carbocycles. The molecule has 2 aromatic rings. The van der Waals surface area contributed by atoms with E-state index in [2.05, 4.69) is 16.0 Å². The molecule has 1 saturated heterocycles. The second kappa shape index (κ2) is 17.9. The van der Waals surface area contributed by atoms with Gasteiger partial charge in [0.05, 0.1) is 13.2 Å². The number of hydrogen-bond donors (Lipinski definition) is 3. The van der Waals surface area contributed by atoms with Crippen LogP contribution >= 0.6 is 0 Å².